The summed E-state index contributed by atoms with van der Waals surface area (Å²) in [6, 6.07) is 5.03. The van der Waals surface area contributed by atoms with Crippen LogP contribution in [-0.4, -0.2) is 37.0 Å². The number of benzene rings is 1. The second kappa shape index (κ2) is 8.70. The number of rotatable bonds is 6. The highest BCUT2D eigenvalue weighted by Gasteiger charge is 2.09. The van der Waals surface area contributed by atoms with Crippen LogP contribution in [0.5, 0.6) is 0 Å². The fourth-order valence-corrected chi connectivity index (χ4v) is 2.00. The fraction of sp³-hybridized carbons (Fsp3) is 0.333. The molecule has 0 aliphatic rings. The molecule has 0 fully saturated rings. The minimum atomic E-state index is -0.318. The summed E-state index contributed by atoms with van der Waals surface area (Å²) in [5, 5.41) is 1.01. The van der Waals surface area contributed by atoms with E-state index in [4.69, 9.17) is 27.9 Å². The summed E-state index contributed by atoms with van der Waals surface area (Å²) in [7, 11) is 1.62. The van der Waals surface area contributed by atoms with Gasteiger partial charge in [-0.1, -0.05) is 29.3 Å². The van der Waals surface area contributed by atoms with Gasteiger partial charge in [0.2, 0.25) is 5.91 Å². The van der Waals surface area contributed by atoms with Gasteiger partial charge in [-0.25, -0.2) is 0 Å². The van der Waals surface area contributed by atoms with Gasteiger partial charge in [0.05, 0.1) is 13.0 Å². The molecule has 0 heterocycles. The normalized spacial score (nSPS) is 10.7. The maximum Gasteiger partial charge on any atom is 0.307 e. The molecule has 6 heteroatoms. The Bertz CT molecular complexity index is 544. The lowest BCUT2D eigenvalue weighted by Gasteiger charge is -2.14. The highest BCUT2D eigenvalue weighted by Crippen LogP contribution is 2.21. The number of carbonyl (C=O) groups is 2. The SMILES string of the molecule is CCOC(=O)CCN(C)C(=O)C=Cc1ccc(Cl)cc1Cl. The van der Waals surface area contributed by atoms with Gasteiger partial charge in [-0.15, -0.1) is 0 Å². The van der Waals surface area contributed by atoms with Crippen LogP contribution in [0.4, 0.5) is 0 Å². The van der Waals surface area contributed by atoms with E-state index >= 15 is 0 Å². The van der Waals surface area contributed by atoms with E-state index in [0.717, 1.165) is 0 Å². The minimum absolute atomic E-state index is 0.172. The number of esters is 1. The zero-order valence-corrected chi connectivity index (χ0v) is 13.4. The molecule has 1 amide bonds. The average Bonchev–Trinajstić information content (AvgIpc) is 2.43. The van der Waals surface area contributed by atoms with Crippen molar-refractivity contribution in [3.63, 3.8) is 0 Å². The fourth-order valence-electron chi connectivity index (χ4n) is 1.53. The minimum Gasteiger partial charge on any atom is -0.466 e. The number of ether oxygens (including phenoxy) is 1. The molecule has 0 aliphatic carbocycles. The molecule has 1 aromatic carbocycles. The van der Waals surface area contributed by atoms with Crippen LogP contribution >= 0.6 is 23.2 Å². The molecule has 0 unspecified atom stereocenters. The van der Waals surface area contributed by atoms with Crippen molar-refractivity contribution in [3.8, 4) is 0 Å². The monoisotopic (exact) mass is 329 g/mol. The van der Waals surface area contributed by atoms with Gasteiger partial charge < -0.3 is 9.64 Å². The van der Waals surface area contributed by atoms with Crippen LogP contribution < -0.4 is 0 Å². The third-order valence-corrected chi connectivity index (χ3v) is 3.26. The first-order valence-corrected chi connectivity index (χ1v) is 7.23. The van der Waals surface area contributed by atoms with Crippen LogP contribution in [0.3, 0.4) is 0 Å². The first-order valence-electron chi connectivity index (χ1n) is 6.48. The lowest BCUT2D eigenvalue weighted by atomic mass is 10.2. The topological polar surface area (TPSA) is 46.6 Å². The van der Waals surface area contributed by atoms with Crippen LogP contribution in [0, 0.1) is 0 Å². The van der Waals surface area contributed by atoms with Crippen LogP contribution in [-0.2, 0) is 14.3 Å². The van der Waals surface area contributed by atoms with Crippen molar-refractivity contribution in [2.24, 2.45) is 0 Å². The van der Waals surface area contributed by atoms with Crippen LogP contribution in [0.1, 0.15) is 18.9 Å². The van der Waals surface area contributed by atoms with E-state index in [2.05, 4.69) is 0 Å². The molecular formula is C15H17Cl2NO3. The van der Waals surface area contributed by atoms with Crippen molar-refractivity contribution in [1.29, 1.82) is 0 Å². The van der Waals surface area contributed by atoms with E-state index in [0.29, 0.717) is 28.8 Å². The van der Waals surface area contributed by atoms with Gasteiger partial charge in [-0.2, -0.15) is 0 Å². The Balaban J connectivity index is 2.55. The molecule has 4 nitrogen and oxygen atoms in total. The van der Waals surface area contributed by atoms with Gasteiger partial charge in [0, 0.05) is 29.7 Å². The Hall–Kier alpha value is -1.52. The lowest BCUT2D eigenvalue weighted by molar-refractivity contribution is -0.143. The van der Waals surface area contributed by atoms with Crippen molar-refractivity contribution >= 4 is 41.2 Å². The summed E-state index contributed by atoms with van der Waals surface area (Å²) < 4.78 is 4.80. The standard InChI is InChI=1S/C15H17Cl2NO3/c1-3-21-15(20)8-9-18(2)14(19)7-5-11-4-6-12(16)10-13(11)17/h4-7,10H,3,8-9H2,1-2H3. The number of likely N-dealkylation sites (N-methyl/N-ethyl adjacent to an activating group) is 1. The molecule has 1 aromatic rings. The Labute approximate surface area is 134 Å². The van der Waals surface area contributed by atoms with E-state index in [-0.39, 0.29) is 18.3 Å². The Morgan fingerprint density at radius 3 is 2.67 bits per heavy atom. The summed E-state index contributed by atoms with van der Waals surface area (Å²) in [4.78, 5) is 24.5. The molecule has 0 saturated carbocycles. The molecule has 0 bridgehead atoms. The molecule has 0 N–H and O–H groups in total. The Kier molecular flexibility index (Phi) is 7.26. The molecule has 0 atom stereocenters. The predicted molar refractivity (Wildman–Crippen MR) is 84.4 cm³/mol. The third kappa shape index (κ3) is 6.19. The quantitative estimate of drug-likeness (QED) is 0.593. The van der Waals surface area contributed by atoms with Crippen molar-refractivity contribution in [3.05, 3.63) is 39.9 Å². The summed E-state index contributed by atoms with van der Waals surface area (Å²) in [6.45, 7) is 2.38. The van der Waals surface area contributed by atoms with Gasteiger partial charge in [-0.3, -0.25) is 9.59 Å². The molecular weight excluding hydrogens is 313 g/mol. The van der Waals surface area contributed by atoms with Crippen LogP contribution in [0.25, 0.3) is 6.08 Å². The van der Waals surface area contributed by atoms with Crippen LogP contribution in [0.2, 0.25) is 10.0 Å². The van der Waals surface area contributed by atoms with E-state index in [9.17, 15) is 9.59 Å². The number of hydrogen-bond donors (Lipinski definition) is 0. The molecule has 0 aromatic heterocycles. The van der Waals surface area contributed by atoms with E-state index in [1.807, 2.05) is 0 Å². The maximum atomic E-state index is 11.9. The second-order valence-electron chi connectivity index (χ2n) is 4.31. The summed E-state index contributed by atoms with van der Waals surface area (Å²) in [6.07, 6.45) is 3.19. The summed E-state index contributed by atoms with van der Waals surface area (Å²) >= 11 is 11.8. The Morgan fingerprint density at radius 1 is 1.33 bits per heavy atom. The van der Waals surface area contributed by atoms with Gasteiger partial charge in [-0.05, 0) is 30.7 Å². The number of hydrogen-bond acceptors (Lipinski definition) is 3. The largest absolute Gasteiger partial charge is 0.466 e. The summed E-state index contributed by atoms with van der Waals surface area (Å²) in [5.74, 6) is -0.535. The number of carbonyl (C=O) groups excluding carboxylic acids is 2. The number of halogens is 2. The molecule has 114 valence electrons. The molecule has 0 aliphatic heterocycles. The van der Waals surface area contributed by atoms with Gasteiger partial charge >= 0.3 is 5.97 Å². The zero-order valence-electron chi connectivity index (χ0n) is 11.9. The second-order valence-corrected chi connectivity index (χ2v) is 5.16. The highest BCUT2D eigenvalue weighted by atomic mass is 35.5. The smallest absolute Gasteiger partial charge is 0.307 e. The number of nitrogens with zero attached hydrogens (tertiary/aromatic N) is 1. The van der Waals surface area contributed by atoms with Gasteiger partial charge in [0.1, 0.15) is 0 Å². The molecule has 21 heavy (non-hydrogen) atoms. The highest BCUT2D eigenvalue weighted by molar-refractivity contribution is 6.35. The molecule has 0 radical (unpaired) electrons. The van der Waals surface area contributed by atoms with Crippen molar-refractivity contribution in [1.82, 2.24) is 4.90 Å². The predicted octanol–water partition coefficient (Wildman–Crippen LogP) is 3.42. The van der Waals surface area contributed by atoms with Crippen molar-refractivity contribution < 1.29 is 14.3 Å². The van der Waals surface area contributed by atoms with E-state index < -0.39 is 0 Å². The average molecular weight is 330 g/mol. The Morgan fingerprint density at radius 2 is 2.05 bits per heavy atom. The van der Waals surface area contributed by atoms with Gasteiger partial charge in [0.15, 0.2) is 0 Å². The molecule has 0 spiro atoms. The maximum absolute atomic E-state index is 11.9. The number of amides is 1. The van der Waals surface area contributed by atoms with E-state index in [1.165, 1.54) is 11.0 Å². The van der Waals surface area contributed by atoms with Crippen molar-refractivity contribution in [2.45, 2.75) is 13.3 Å². The lowest BCUT2D eigenvalue weighted by Crippen LogP contribution is -2.27. The first-order chi connectivity index (χ1) is 9.93. The zero-order chi connectivity index (χ0) is 15.8. The molecule has 1 rings (SSSR count). The van der Waals surface area contributed by atoms with E-state index in [1.54, 1.807) is 38.2 Å². The third-order valence-electron chi connectivity index (χ3n) is 2.70. The van der Waals surface area contributed by atoms with Crippen molar-refractivity contribution in [2.75, 3.05) is 20.2 Å². The summed E-state index contributed by atoms with van der Waals surface area (Å²) in [5.41, 5.74) is 0.702. The molecule has 0 saturated heterocycles. The van der Waals surface area contributed by atoms with Gasteiger partial charge in [0.25, 0.3) is 0 Å². The van der Waals surface area contributed by atoms with Crippen LogP contribution in [0.15, 0.2) is 24.3 Å². The first kappa shape index (κ1) is 17.5.